The second kappa shape index (κ2) is 5.31. The van der Waals surface area contributed by atoms with E-state index in [-0.39, 0.29) is 6.61 Å². The Kier molecular flexibility index (Phi) is 3.78. The number of aliphatic hydroxyl groups excluding tert-OH is 2. The summed E-state index contributed by atoms with van der Waals surface area (Å²) in [6.45, 7) is 0.991. The minimum absolute atomic E-state index is 0.214. The number of rotatable bonds is 5. The molecule has 0 amide bonds. The molecular weight excluding hydrogens is 216 g/mol. The minimum atomic E-state index is -0.715. The molecule has 1 aromatic heterocycles. The third-order valence-corrected chi connectivity index (χ3v) is 2.86. The fourth-order valence-corrected chi connectivity index (χ4v) is 2.11. The summed E-state index contributed by atoms with van der Waals surface area (Å²) in [5.74, 6) is 0. The van der Waals surface area contributed by atoms with Gasteiger partial charge in [0, 0.05) is 12.7 Å². The van der Waals surface area contributed by atoms with Gasteiger partial charge in [0.15, 0.2) is 0 Å². The van der Waals surface area contributed by atoms with Gasteiger partial charge in [-0.2, -0.15) is 0 Å². The Labute approximate surface area is 100 Å². The molecule has 0 aliphatic carbocycles. The van der Waals surface area contributed by atoms with Crippen molar-refractivity contribution in [1.29, 1.82) is 0 Å². The first kappa shape index (κ1) is 12.1. The smallest absolute Gasteiger partial charge is 0.0949 e. The highest BCUT2D eigenvalue weighted by Crippen LogP contribution is 2.20. The summed E-state index contributed by atoms with van der Waals surface area (Å²) < 4.78 is 1.99. The molecule has 92 valence electrons. The van der Waals surface area contributed by atoms with Crippen LogP contribution in [0.15, 0.2) is 30.5 Å². The van der Waals surface area contributed by atoms with Crippen LogP contribution in [0.5, 0.6) is 0 Å². The first-order valence-corrected chi connectivity index (χ1v) is 5.76. The van der Waals surface area contributed by atoms with Crippen LogP contribution in [0.2, 0.25) is 0 Å². The van der Waals surface area contributed by atoms with Crippen LogP contribution < -0.4 is 5.32 Å². The number of fused-ring (bicyclic) bond motifs is 1. The van der Waals surface area contributed by atoms with Crippen molar-refractivity contribution in [2.24, 2.45) is 0 Å². The Morgan fingerprint density at radius 1 is 1.35 bits per heavy atom. The average Bonchev–Trinajstić information content (AvgIpc) is 2.74. The van der Waals surface area contributed by atoms with Crippen molar-refractivity contribution >= 4 is 10.9 Å². The number of hydrogen-bond donors (Lipinski definition) is 3. The number of para-hydroxylation sites is 1. The molecule has 17 heavy (non-hydrogen) atoms. The number of benzene rings is 1. The number of aliphatic hydroxyl groups is 2. The highest BCUT2D eigenvalue weighted by molar-refractivity contribution is 5.83. The molecule has 1 aromatic carbocycles. The van der Waals surface area contributed by atoms with Crippen LogP contribution in [0.3, 0.4) is 0 Å². The van der Waals surface area contributed by atoms with Crippen molar-refractivity contribution in [3.63, 3.8) is 0 Å². The van der Waals surface area contributed by atoms with Crippen LogP contribution in [0.4, 0.5) is 0 Å². The highest BCUT2D eigenvalue weighted by Gasteiger charge is 2.09. The maximum absolute atomic E-state index is 9.52. The zero-order chi connectivity index (χ0) is 12.3. The van der Waals surface area contributed by atoms with Crippen LogP contribution in [0.25, 0.3) is 10.9 Å². The molecule has 0 bridgehead atoms. The molecule has 0 saturated heterocycles. The van der Waals surface area contributed by atoms with Crippen molar-refractivity contribution in [3.8, 4) is 0 Å². The molecule has 2 aromatic rings. The van der Waals surface area contributed by atoms with Crippen LogP contribution in [0.1, 0.15) is 5.56 Å². The van der Waals surface area contributed by atoms with Gasteiger partial charge in [0.25, 0.3) is 0 Å². The number of nitrogens with zero attached hydrogens (tertiary/aromatic N) is 1. The summed E-state index contributed by atoms with van der Waals surface area (Å²) in [4.78, 5) is 0. The van der Waals surface area contributed by atoms with Crippen LogP contribution in [-0.4, -0.2) is 34.5 Å². The van der Waals surface area contributed by atoms with E-state index in [1.165, 1.54) is 5.56 Å². The summed E-state index contributed by atoms with van der Waals surface area (Å²) in [5.41, 5.74) is 2.31. The SMILES string of the molecule is CNCc1cccc2ccn(CC(O)CO)c12. The van der Waals surface area contributed by atoms with Crippen molar-refractivity contribution in [2.75, 3.05) is 13.7 Å². The molecule has 4 nitrogen and oxygen atoms in total. The van der Waals surface area contributed by atoms with Gasteiger partial charge in [-0.15, -0.1) is 0 Å². The quantitative estimate of drug-likeness (QED) is 0.714. The molecule has 1 unspecified atom stereocenters. The lowest BCUT2D eigenvalue weighted by atomic mass is 10.1. The summed E-state index contributed by atoms with van der Waals surface area (Å²) in [5, 5.41) is 22.7. The zero-order valence-corrected chi connectivity index (χ0v) is 9.93. The maximum atomic E-state index is 9.52. The standard InChI is InChI=1S/C13H18N2O2/c1-14-7-11-4-2-3-10-5-6-15(13(10)11)8-12(17)9-16/h2-6,12,14,16-17H,7-9H2,1H3. The lowest BCUT2D eigenvalue weighted by Crippen LogP contribution is -2.19. The van der Waals surface area contributed by atoms with Crippen molar-refractivity contribution in [2.45, 2.75) is 19.2 Å². The van der Waals surface area contributed by atoms with Gasteiger partial charge in [0.1, 0.15) is 0 Å². The number of hydrogen-bond acceptors (Lipinski definition) is 3. The first-order chi connectivity index (χ1) is 8.26. The molecule has 1 atom stereocenters. The third kappa shape index (κ3) is 2.49. The van der Waals surface area contributed by atoms with Gasteiger partial charge >= 0.3 is 0 Å². The largest absolute Gasteiger partial charge is 0.394 e. The van der Waals surface area contributed by atoms with E-state index in [0.29, 0.717) is 6.54 Å². The van der Waals surface area contributed by atoms with Gasteiger partial charge in [0.2, 0.25) is 0 Å². The Balaban J connectivity index is 2.42. The Hall–Kier alpha value is -1.36. The van der Waals surface area contributed by atoms with Crippen molar-refractivity contribution in [3.05, 3.63) is 36.0 Å². The molecule has 0 aliphatic heterocycles. The van der Waals surface area contributed by atoms with E-state index in [2.05, 4.69) is 17.4 Å². The second-order valence-electron chi connectivity index (χ2n) is 4.19. The first-order valence-electron chi connectivity index (χ1n) is 5.76. The molecule has 0 spiro atoms. The van der Waals surface area contributed by atoms with E-state index in [1.54, 1.807) is 0 Å². The Morgan fingerprint density at radius 2 is 2.18 bits per heavy atom. The van der Waals surface area contributed by atoms with E-state index >= 15 is 0 Å². The maximum Gasteiger partial charge on any atom is 0.0949 e. The molecule has 4 heteroatoms. The minimum Gasteiger partial charge on any atom is -0.394 e. The zero-order valence-electron chi connectivity index (χ0n) is 9.93. The Morgan fingerprint density at radius 3 is 2.88 bits per heavy atom. The van der Waals surface area contributed by atoms with E-state index in [0.717, 1.165) is 17.4 Å². The van der Waals surface area contributed by atoms with Gasteiger partial charge in [-0.3, -0.25) is 0 Å². The molecule has 0 aliphatic rings. The molecule has 3 N–H and O–H groups in total. The summed E-state index contributed by atoms with van der Waals surface area (Å²) in [6.07, 6.45) is 1.23. The van der Waals surface area contributed by atoms with E-state index < -0.39 is 6.10 Å². The van der Waals surface area contributed by atoms with Crippen LogP contribution >= 0.6 is 0 Å². The predicted molar refractivity (Wildman–Crippen MR) is 67.8 cm³/mol. The van der Waals surface area contributed by atoms with E-state index in [4.69, 9.17) is 5.11 Å². The summed E-state index contributed by atoms with van der Waals surface area (Å²) >= 11 is 0. The normalized spacial score (nSPS) is 13.1. The fourth-order valence-electron chi connectivity index (χ4n) is 2.11. The van der Waals surface area contributed by atoms with Gasteiger partial charge in [-0.1, -0.05) is 18.2 Å². The lowest BCUT2D eigenvalue weighted by Gasteiger charge is -2.12. The molecule has 2 rings (SSSR count). The van der Waals surface area contributed by atoms with Crippen molar-refractivity contribution < 1.29 is 10.2 Å². The monoisotopic (exact) mass is 234 g/mol. The Bertz CT molecular complexity index is 493. The number of aromatic nitrogens is 1. The van der Waals surface area contributed by atoms with Gasteiger partial charge in [-0.25, -0.2) is 0 Å². The average molecular weight is 234 g/mol. The van der Waals surface area contributed by atoms with Crippen LogP contribution in [0, 0.1) is 0 Å². The summed E-state index contributed by atoms with van der Waals surface area (Å²) in [6, 6.07) is 8.18. The molecule has 0 radical (unpaired) electrons. The topological polar surface area (TPSA) is 57.4 Å². The van der Waals surface area contributed by atoms with E-state index in [1.807, 2.05) is 29.9 Å². The fraction of sp³-hybridized carbons (Fsp3) is 0.385. The molecular formula is C13H18N2O2. The molecule has 0 fully saturated rings. The summed E-state index contributed by atoms with van der Waals surface area (Å²) in [7, 11) is 1.91. The predicted octanol–water partition coefficient (Wildman–Crippen LogP) is 0.714. The van der Waals surface area contributed by atoms with Gasteiger partial charge in [0.05, 0.1) is 24.8 Å². The number of nitrogens with one attached hydrogen (secondary N) is 1. The van der Waals surface area contributed by atoms with Gasteiger partial charge < -0.3 is 20.1 Å². The van der Waals surface area contributed by atoms with Gasteiger partial charge in [-0.05, 0) is 24.1 Å². The lowest BCUT2D eigenvalue weighted by molar-refractivity contribution is 0.0822. The molecule has 0 saturated carbocycles. The van der Waals surface area contributed by atoms with E-state index in [9.17, 15) is 5.11 Å². The third-order valence-electron chi connectivity index (χ3n) is 2.86. The second-order valence-corrected chi connectivity index (χ2v) is 4.19. The van der Waals surface area contributed by atoms with Crippen LogP contribution in [-0.2, 0) is 13.1 Å². The molecule has 1 heterocycles. The highest BCUT2D eigenvalue weighted by atomic mass is 16.3. The van der Waals surface area contributed by atoms with Crippen molar-refractivity contribution in [1.82, 2.24) is 9.88 Å².